The first kappa shape index (κ1) is 20.5. The summed E-state index contributed by atoms with van der Waals surface area (Å²) in [5.41, 5.74) is 2.26. The second-order valence-corrected chi connectivity index (χ2v) is 8.29. The van der Waals surface area contributed by atoms with Crippen molar-refractivity contribution in [2.24, 2.45) is 11.3 Å². The molecule has 0 aromatic heterocycles. The summed E-state index contributed by atoms with van der Waals surface area (Å²) in [6.45, 7) is 2.03. The Hall–Kier alpha value is -1.26. The number of halogens is 3. The lowest BCUT2D eigenvalue weighted by atomic mass is 9.91. The zero-order chi connectivity index (χ0) is 18.1. The van der Waals surface area contributed by atoms with Gasteiger partial charge in [-0.1, -0.05) is 47.5 Å². The van der Waals surface area contributed by atoms with Crippen LogP contribution < -0.4 is 10.6 Å². The third kappa shape index (κ3) is 4.43. The molecule has 1 spiro atoms. The van der Waals surface area contributed by atoms with E-state index in [4.69, 9.17) is 23.2 Å². The smallest absolute Gasteiger partial charge is 0.224 e. The summed E-state index contributed by atoms with van der Waals surface area (Å²) in [5.74, 6) is 0.286. The van der Waals surface area contributed by atoms with E-state index >= 15 is 0 Å². The summed E-state index contributed by atoms with van der Waals surface area (Å²) in [7, 11) is 0. The molecule has 1 saturated carbocycles. The van der Waals surface area contributed by atoms with Crippen molar-refractivity contribution in [3.63, 3.8) is 0 Å². The van der Waals surface area contributed by atoms with Gasteiger partial charge in [0, 0.05) is 16.0 Å². The second kappa shape index (κ2) is 8.40. The summed E-state index contributed by atoms with van der Waals surface area (Å²) >= 11 is 12.1. The minimum absolute atomic E-state index is 0. The standard InChI is InChI=1S/C21H22Cl2N2O.ClH/c22-16-5-1-14(2-6-16)19(15-3-7-17(23)8-4-15)25-20(26)18-13-21(18)9-11-24-12-10-21;/h1-8,18-19,24H,9-13H2,(H,25,26);1H. The van der Waals surface area contributed by atoms with Gasteiger partial charge in [0.15, 0.2) is 0 Å². The zero-order valence-electron chi connectivity index (χ0n) is 14.9. The molecule has 0 radical (unpaired) electrons. The Morgan fingerprint density at radius 1 is 0.963 bits per heavy atom. The van der Waals surface area contributed by atoms with Crippen LogP contribution in [0.1, 0.15) is 36.4 Å². The first-order chi connectivity index (χ1) is 12.6. The third-order valence-corrected chi connectivity index (χ3v) is 6.30. The number of carbonyl (C=O) groups excluding carboxylic acids is 1. The predicted molar refractivity (Wildman–Crippen MR) is 113 cm³/mol. The van der Waals surface area contributed by atoms with Crippen molar-refractivity contribution in [3.8, 4) is 0 Å². The normalized spacial score (nSPS) is 20.2. The average molecular weight is 426 g/mol. The van der Waals surface area contributed by atoms with Gasteiger partial charge in [-0.05, 0) is 73.2 Å². The third-order valence-electron chi connectivity index (χ3n) is 5.80. The molecule has 1 unspecified atom stereocenters. The van der Waals surface area contributed by atoms with Crippen LogP contribution in [0.3, 0.4) is 0 Å². The maximum absolute atomic E-state index is 13.0. The second-order valence-electron chi connectivity index (χ2n) is 7.41. The number of benzene rings is 2. The molecule has 1 heterocycles. The van der Waals surface area contributed by atoms with Crippen LogP contribution in [-0.4, -0.2) is 19.0 Å². The Morgan fingerprint density at radius 3 is 1.93 bits per heavy atom. The maximum Gasteiger partial charge on any atom is 0.224 e. The van der Waals surface area contributed by atoms with Crippen LogP contribution in [0.15, 0.2) is 48.5 Å². The van der Waals surface area contributed by atoms with Gasteiger partial charge in [-0.15, -0.1) is 12.4 Å². The van der Waals surface area contributed by atoms with E-state index in [1.165, 1.54) is 0 Å². The number of carbonyl (C=O) groups is 1. The quantitative estimate of drug-likeness (QED) is 0.723. The Labute approximate surface area is 176 Å². The monoisotopic (exact) mass is 424 g/mol. The Morgan fingerprint density at radius 2 is 1.44 bits per heavy atom. The van der Waals surface area contributed by atoms with Crippen molar-refractivity contribution in [2.45, 2.75) is 25.3 Å². The number of amides is 1. The predicted octanol–water partition coefficient (Wildman–Crippen LogP) is 5.01. The molecule has 2 aromatic rings. The van der Waals surface area contributed by atoms with Gasteiger partial charge < -0.3 is 10.6 Å². The van der Waals surface area contributed by atoms with Crippen LogP contribution >= 0.6 is 35.6 Å². The SMILES string of the molecule is Cl.O=C(NC(c1ccc(Cl)cc1)c1ccc(Cl)cc1)C1CC12CCNCC2. The van der Waals surface area contributed by atoms with Gasteiger partial charge in [0.2, 0.25) is 5.91 Å². The van der Waals surface area contributed by atoms with E-state index in [1.54, 1.807) is 0 Å². The molecule has 4 rings (SSSR count). The molecule has 6 heteroatoms. The van der Waals surface area contributed by atoms with Crippen molar-refractivity contribution in [1.29, 1.82) is 0 Å². The molecular formula is C21H23Cl3N2O. The maximum atomic E-state index is 13.0. The fourth-order valence-corrected chi connectivity index (χ4v) is 4.36. The fourth-order valence-electron chi connectivity index (χ4n) is 4.11. The molecule has 1 aliphatic carbocycles. The van der Waals surface area contributed by atoms with E-state index in [-0.39, 0.29) is 35.7 Å². The largest absolute Gasteiger partial charge is 0.345 e. The summed E-state index contributed by atoms with van der Waals surface area (Å²) in [5, 5.41) is 8.03. The molecule has 2 N–H and O–H groups in total. The molecule has 1 aliphatic heterocycles. The van der Waals surface area contributed by atoms with Crippen LogP contribution in [0.25, 0.3) is 0 Å². The molecule has 2 fully saturated rings. The van der Waals surface area contributed by atoms with Crippen LogP contribution in [0.2, 0.25) is 10.0 Å². The molecule has 27 heavy (non-hydrogen) atoms. The number of nitrogens with one attached hydrogen (secondary N) is 2. The number of hydrogen-bond acceptors (Lipinski definition) is 2. The lowest BCUT2D eigenvalue weighted by molar-refractivity contribution is -0.123. The van der Waals surface area contributed by atoms with Gasteiger partial charge in [-0.2, -0.15) is 0 Å². The van der Waals surface area contributed by atoms with Gasteiger partial charge in [0.05, 0.1) is 6.04 Å². The van der Waals surface area contributed by atoms with Gasteiger partial charge >= 0.3 is 0 Å². The van der Waals surface area contributed by atoms with E-state index in [0.717, 1.165) is 43.5 Å². The Balaban J connectivity index is 0.00000210. The minimum atomic E-state index is -0.198. The van der Waals surface area contributed by atoms with E-state index in [1.807, 2.05) is 48.5 Å². The molecule has 3 nitrogen and oxygen atoms in total. The molecule has 0 bridgehead atoms. The van der Waals surface area contributed by atoms with Crippen LogP contribution in [0.4, 0.5) is 0 Å². The van der Waals surface area contributed by atoms with Gasteiger partial charge in [0.1, 0.15) is 0 Å². The van der Waals surface area contributed by atoms with Crippen LogP contribution in [0.5, 0.6) is 0 Å². The van der Waals surface area contributed by atoms with Gasteiger partial charge in [-0.3, -0.25) is 4.79 Å². The molecule has 1 amide bonds. The lowest BCUT2D eigenvalue weighted by Crippen LogP contribution is -2.35. The zero-order valence-corrected chi connectivity index (χ0v) is 17.2. The number of rotatable bonds is 4. The highest BCUT2D eigenvalue weighted by atomic mass is 35.5. The van der Waals surface area contributed by atoms with Crippen molar-refractivity contribution in [1.82, 2.24) is 10.6 Å². The highest BCUT2D eigenvalue weighted by Gasteiger charge is 2.57. The highest BCUT2D eigenvalue weighted by Crippen LogP contribution is 2.58. The lowest BCUT2D eigenvalue weighted by Gasteiger charge is -2.25. The summed E-state index contributed by atoms with van der Waals surface area (Å²) in [6, 6.07) is 15.1. The Kier molecular flexibility index (Phi) is 6.37. The van der Waals surface area contributed by atoms with E-state index < -0.39 is 0 Å². The van der Waals surface area contributed by atoms with Crippen molar-refractivity contribution >= 4 is 41.5 Å². The van der Waals surface area contributed by atoms with E-state index in [9.17, 15) is 4.79 Å². The van der Waals surface area contributed by atoms with Crippen LogP contribution in [-0.2, 0) is 4.79 Å². The van der Waals surface area contributed by atoms with Crippen LogP contribution in [0, 0.1) is 11.3 Å². The first-order valence-electron chi connectivity index (χ1n) is 9.09. The highest BCUT2D eigenvalue weighted by molar-refractivity contribution is 6.30. The minimum Gasteiger partial charge on any atom is -0.345 e. The van der Waals surface area contributed by atoms with Gasteiger partial charge in [0.25, 0.3) is 0 Å². The summed E-state index contributed by atoms with van der Waals surface area (Å²) in [4.78, 5) is 13.0. The molecule has 2 aromatic carbocycles. The Bertz CT molecular complexity index is 741. The molecular weight excluding hydrogens is 403 g/mol. The van der Waals surface area contributed by atoms with Crippen molar-refractivity contribution in [3.05, 3.63) is 69.7 Å². The first-order valence-corrected chi connectivity index (χ1v) is 9.85. The number of piperidine rings is 1. The van der Waals surface area contributed by atoms with E-state index in [0.29, 0.717) is 10.0 Å². The molecule has 144 valence electrons. The topological polar surface area (TPSA) is 41.1 Å². The molecule has 2 aliphatic rings. The summed E-state index contributed by atoms with van der Waals surface area (Å²) in [6.07, 6.45) is 3.20. The van der Waals surface area contributed by atoms with E-state index in [2.05, 4.69) is 10.6 Å². The number of hydrogen-bond donors (Lipinski definition) is 2. The molecule has 1 saturated heterocycles. The fraction of sp³-hybridized carbons (Fsp3) is 0.381. The van der Waals surface area contributed by atoms with Gasteiger partial charge in [-0.25, -0.2) is 0 Å². The van der Waals surface area contributed by atoms with Crippen molar-refractivity contribution < 1.29 is 4.79 Å². The summed E-state index contributed by atoms with van der Waals surface area (Å²) < 4.78 is 0. The average Bonchev–Trinajstić information content (AvgIpc) is 3.35. The molecule has 1 atom stereocenters. The van der Waals surface area contributed by atoms with Crippen molar-refractivity contribution in [2.75, 3.05) is 13.1 Å².